The Kier molecular flexibility index (Phi) is 6.05. The smallest absolute Gasteiger partial charge is 0.0753 e. The molecule has 2 aliphatic rings. The lowest BCUT2D eigenvalue weighted by Gasteiger charge is -2.45. The first-order valence-electron chi connectivity index (χ1n) is 12.7. The van der Waals surface area contributed by atoms with Crippen LogP contribution < -0.4 is 5.32 Å². The van der Waals surface area contributed by atoms with E-state index in [-0.39, 0.29) is 5.60 Å². The number of aryl methyl sites for hydroxylation is 1. The van der Waals surface area contributed by atoms with Gasteiger partial charge in [-0.05, 0) is 68.0 Å². The van der Waals surface area contributed by atoms with Crippen LogP contribution in [-0.2, 0) is 24.1 Å². The number of rotatable bonds is 5. The summed E-state index contributed by atoms with van der Waals surface area (Å²) in [6, 6.07) is 15.9. The summed E-state index contributed by atoms with van der Waals surface area (Å²) in [7, 11) is 0. The molecule has 2 aromatic heterocycles. The summed E-state index contributed by atoms with van der Waals surface area (Å²) in [5, 5.41) is 6.91. The van der Waals surface area contributed by atoms with Crippen LogP contribution in [0.25, 0.3) is 21.8 Å². The van der Waals surface area contributed by atoms with Crippen LogP contribution in [0.3, 0.4) is 0 Å². The van der Waals surface area contributed by atoms with Gasteiger partial charge in [0, 0.05) is 59.2 Å². The van der Waals surface area contributed by atoms with Crippen molar-refractivity contribution in [3.63, 3.8) is 0 Å². The molecule has 2 aromatic carbocycles. The highest BCUT2D eigenvalue weighted by atomic mass is 35.5. The predicted octanol–water partition coefficient (Wildman–Crippen LogP) is 5.50. The van der Waals surface area contributed by atoms with Gasteiger partial charge in [0.1, 0.15) is 0 Å². The molecule has 0 amide bonds. The average molecular weight is 489 g/mol. The summed E-state index contributed by atoms with van der Waals surface area (Å²) in [5.41, 5.74) is 6.27. The van der Waals surface area contributed by atoms with Crippen LogP contribution in [0.5, 0.6) is 0 Å². The molecule has 0 spiro atoms. The number of aromatic nitrogens is 2. The lowest BCUT2D eigenvalue weighted by atomic mass is 9.93. The van der Waals surface area contributed by atoms with Gasteiger partial charge in [-0.1, -0.05) is 35.9 Å². The van der Waals surface area contributed by atoms with E-state index in [0.717, 1.165) is 56.0 Å². The summed E-state index contributed by atoms with van der Waals surface area (Å²) < 4.78 is 6.30. The Morgan fingerprint density at radius 3 is 2.89 bits per heavy atom. The van der Waals surface area contributed by atoms with Crippen LogP contribution in [0.4, 0.5) is 0 Å². The number of hydrogen-bond donors (Lipinski definition) is 2. The summed E-state index contributed by atoms with van der Waals surface area (Å²) in [5.74, 6) is 0. The summed E-state index contributed by atoms with van der Waals surface area (Å²) >= 11 is 6.57. The molecule has 4 aromatic rings. The Morgan fingerprint density at radius 2 is 2.00 bits per heavy atom. The van der Waals surface area contributed by atoms with Crippen LogP contribution in [0.2, 0.25) is 5.02 Å². The summed E-state index contributed by atoms with van der Waals surface area (Å²) in [6.45, 7) is 8.11. The van der Waals surface area contributed by atoms with E-state index in [1.165, 1.54) is 33.0 Å². The van der Waals surface area contributed by atoms with Crippen molar-refractivity contribution in [2.75, 3.05) is 19.7 Å². The van der Waals surface area contributed by atoms with Crippen molar-refractivity contribution in [3.05, 3.63) is 76.6 Å². The second kappa shape index (κ2) is 9.21. The zero-order chi connectivity index (χ0) is 24.0. The third kappa shape index (κ3) is 4.70. The second-order valence-corrected chi connectivity index (χ2v) is 11.2. The zero-order valence-electron chi connectivity index (χ0n) is 20.5. The lowest BCUT2D eigenvalue weighted by Crippen LogP contribution is -2.58. The van der Waals surface area contributed by atoms with Crippen LogP contribution >= 0.6 is 11.6 Å². The molecular weight excluding hydrogens is 456 g/mol. The van der Waals surface area contributed by atoms with E-state index in [2.05, 4.69) is 76.5 Å². The minimum Gasteiger partial charge on any atom is -0.373 e. The molecule has 2 atom stereocenters. The van der Waals surface area contributed by atoms with Crippen LogP contribution in [-0.4, -0.2) is 52.2 Å². The highest BCUT2D eigenvalue weighted by Gasteiger charge is 2.35. The first kappa shape index (κ1) is 23.0. The molecule has 6 heteroatoms. The van der Waals surface area contributed by atoms with Gasteiger partial charge in [0.2, 0.25) is 0 Å². The van der Waals surface area contributed by atoms with E-state index >= 15 is 0 Å². The molecule has 35 heavy (non-hydrogen) atoms. The van der Waals surface area contributed by atoms with Crippen molar-refractivity contribution in [1.29, 1.82) is 0 Å². The van der Waals surface area contributed by atoms with Gasteiger partial charge < -0.3 is 15.0 Å². The van der Waals surface area contributed by atoms with Gasteiger partial charge >= 0.3 is 0 Å². The van der Waals surface area contributed by atoms with Gasteiger partial charge in [-0.25, -0.2) is 0 Å². The number of fused-ring (bicyclic) bond motifs is 4. The van der Waals surface area contributed by atoms with Crippen molar-refractivity contribution in [3.8, 4) is 0 Å². The Labute approximate surface area is 211 Å². The van der Waals surface area contributed by atoms with Gasteiger partial charge in [0.15, 0.2) is 0 Å². The number of nitrogens with one attached hydrogen (secondary N) is 2. The monoisotopic (exact) mass is 488 g/mol. The first-order valence-corrected chi connectivity index (χ1v) is 13.0. The summed E-state index contributed by atoms with van der Waals surface area (Å²) in [6.07, 6.45) is 6.79. The average Bonchev–Trinajstić information content (AvgIpc) is 3.22. The molecule has 2 unspecified atom stereocenters. The van der Waals surface area contributed by atoms with E-state index in [9.17, 15) is 0 Å². The van der Waals surface area contributed by atoms with E-state index in [0.29, 0.717) is 12.1 Å². The van der Waals surface area contributed by atoms with Crippen molar-refractivity contribution < 1.29 is 4.74 Å². The molecule has 6 rings (SSSR count). The van der Waals surface area contributed by atoms with Gasteiger partial charge in [-0.15, -0.1) is 0 Å². The molecule has 4 heterocycles. The molecule has 182 valence electrons. The van der Waals surface area contributed by atoms with E-state index in [4.69, 9.17) is 16.3 Å². The number of benzene rings is 2. The fourth-order valence-corrected chi connectivity index (χ4v) is 6.15. The standard InChI is InChI=1S/C29H33ClN4O/c1-29(2)18-34(16-23-12-19-5-3-4-6-21(19)14-32-23)24(17-35-29)8-7-20-11-22(30)13-26-25-9-10-31-15-27(25)33-28(20)26/h3-6,9-11,13,15,23-24,32-33H,7-8,12,14,16-18H2,1-2H3. The normalized spacial score (nSPS) is 22.5. The van der Waals surface area contributed by atoms with Crippen molar-refractivity contribution in [2.45, 2.75) is 57.3 Å². The topological polar surface area (TPSA) is 53.2 Å². The second-order valence-electron chi connectivity index (χ2n) is 10.8. The minimum atomic E-state index is -0.128. The largest absolute Gasteiger partial charge is 0.373 e. The van der Waals surface area contributed by atoms with Crippen LogP contribution in [0, 0.1) is 0 Å². The Morgan fingerprint density at radius 1 is 1.14 bits per heavy atom. The highest BCUT2D eigenvalue weighted by Crippen LogP contribution is 2.32. The molecule has 2 N–H and O–H groups in total. The highest BCUT2D eigenvalue weighted by molar-refractivity contribution is 6.32. The maximum atomic E-state index is 6.57. The number of aromatic amines is 1. The quantitative estimate of drug-likeness (QED) is 0.389. The molecule has 1 saturated heterocycles. The van der Waals surface area contributed by atoms with E-state index in [1.807, 2.05) is 12.4 Å². The maximum Gasteiger partial charge on any atom is 0.0753 e. The van der Waals surface area contributed by atoms with Crippen LogP contribution in [0.15, 0.2) is 54.9 Å². The molecule has 2 aliphatic heterocycles. The Balaban J connectivity index is 1.21. The number of pyridine rings is 1. The van der Waals surface area contributed by atoms with Gasteiger partial charge in [0.05, 0.1) is 23.9 Å². The third-order valence-corrected chi connectivity index (χ3v) is 7.91. The Hall–Kier alpha value is -2.44. The van der Waals surface area contributed by atoms with Crippen molar-refractivity contribution >= 4 is 33.4 Å². The fourth-order valence-electron chi connectivity index (χ4n) is 5.91. The molecular formula is C29H33ClN4O. The number of hydrogen-bond acceptors (Lipinski definition) is 4. The number of ether oxygens (including phenoxy) is 1. The Bertz CT molecular complexity index is 1360. The van der Waals surface area contributed by atoms with E-state index in [1.54, 1.807) is 0 Å². The predicted molar refractivity (Wildman–Crippen MR) is 143 cm³/mol. The SMILES string of the molecule is CC1(C)CN(CC2Cc3ccccc3CN2)C(CCc2cc(Cl)cc3c2[nH]c2cnccc23)CO1. The van der Waals surface area contributed by atoms with Crippen molar-refractivity contribution in [1.82, 2.24) is 20.2 Å². The molecule has 5 nitrogen and oxygen atoms in total. The maximum absolute atomic E-state index is 6.57. The number of morpholine rings is 1. The minimum absolute atomic E-state index is 0.128. The molecule has 1 fully saturated rings. The number of halogens is 1. The third-order valence-electron chi connectivity index (χ3n) is 7.69. The molecule has 0 aliphatic carbocycles. The number of H-pyrrole nitrogens is 1. The van der Waals surface area contributed by atoms with Gasteiger partial charge in [0.25, 0.3) is 0 Å². The first-order chi connectivity index (χ1) is 16.9. The molecule has 0 saturated carbocycles. The molecule has 0 radical (unpaired) electrons. The van der Waals surface area contributed by atoms with Crippen molar-refractivity contribution in [2.24, 2.45) is 0 Å². The lowest BCUT2D eigenvalue weighted by molar-refractivity contribution is -0.117. The summed E-state index contributed by atoms with van der Waals surface area (Å²) in [4.78, 5) is 10.5. The molecule has 0 bridgehead atoms. The zero-order valence-corrected chi connectivity index (χ0v) is 21.2. The fraction of sp³-hybridized carbons (Fsp3) is 0.414. The van der Waals surface area contributed by atoms with Gasteiger partial charge in [-0.2, -0.15) is 0 Å². The van der Waals surface area contributed by atoms with Crippen LogP contribution in [0.1, 0.15) is 37.0 Å². The van der Waals surface area contributed by atoms with Gasteiger partial charge in [-0.3, -0.25) is 9.88 Å². The number of nitrogens with zero attached hydrogens (tertiary/aromatic N) is 2. The van der Waals surface area contributed by atoms with E-state index < -0.39 is 0 Å².